The number of benzene rings is 1. The smallest absolute Gasteiger partial charge is 0.326 e. The number of amides is 2. The number of anilines is 2. The van der Waals surface area contributed by atoms with Crippen LogP contribution in [0.1, 0.15) is 39.2 Å². The van der Waals surface area contributed by atoms with Gasteiger partial charge in [0.2, 0.25) is 0 Å². The Morgan fingerprint density at radius 1 is 1.24 bits per heavy atom. The number of carboxylic acids is 2. The van der Waals surface area contributed by atoms with E-state index in [4.69, 9.17) is 10.8 Å². The van der Waals surface area contributed by atoms with E-state index in [0.29, 0.717) is 11.4 Å². The third-order valence-corrected chi connectivity index (χ3v) is 3.69. The lowest BCUT2D eigenvalue weighted by Crippen LogP contribution is -2.56. The van der Waals surface area contributed by atoms with Crippen LogP contribution in [-0.2, 0) is 9.59 Å². The number of rotatable bonds is 6. The maximum absolute atomic E-state index is 12.7. The fourth-order valence-electron chi connectivity index (χ4n) is 2.47. The van der Waals surface area contributed by atoms with Crippen LogP contribution in [0.4, 0.5) is 16.2 Å². The predicted octanol–water partition coefficient (Wildman–Crippen LogP) is 2.53. The molecule has 0 spiro atoms. The van der Waals surface area contributed by atoms with Crippen molar-refractivity contribution in [3.8, 4) is 0 Å². The molecule has 0 aliphatic rings. The minimum atomic E-state index is -1.26. The lowest BCUT2D eigenvalue weighted by molar-refractivity contribution is -0.145. The summed E-state index contributed by atoms with van der Waals surface area (Å²) in [7, 11) is 0. The van der Waals surface area contributed by atoms with Crippen molar-refractivity contribution in [2.24, 2.45) is 0 Å². The van der Waals surface area contributed by atoms with Gasteiger partial charge in [-0.1, -0.05) is 0 Å². The number of nitrogens with zero attached hydrogens (tertiary/aromatic N) is 1. The van der Waals surface area contributed by atoms with Gasteiger partial charge in [0.25, 0.3) is 0 Å². The van der Waals surface area contributed by atoms with Crippen LogP contribution in [0.3, 0.4) is 0 Å². The Kier molecular flexibility index (Phi) is 6.38. The van der Waals surface area contributed by atoms with Crippen molar-refractivity contribution >= 4 is 29.3 Å². The van der Waals surface area contributed by atoms with E-state index in [1.54, 1.807) is 45.9 Å². The lowest BCUT2D eigenvalue weighted by Gasteiger charge is -2.39. The number of carbonyl (C=O) groups is 3. The zero-order valence-electron chi connectivity index (χ0n) is 14.9. The molecule has 0 fully saturated rings. The summed E-state index contributed by atoms with van der Waals surface area (Å²) in [5, 5.41) is 21.0. The third-order valence-electron chi connectivity index (χ3n) is 3.69. The number of nitrogens with one attached hydrogen (secondary N) is 1. The van der Waals surface area contributed by atoms with Gasteiger partial charge < -0.3 is 26.2 Å². The van der Waals surface area contributed by atoms with E-state index < -0.39 is 29.6 Å². The van der Waals surface area contributed by atoms with E-state index >= 15 is 0 Å². The average Bonchev–Trinajstić information content (AvgIpc) is 2.45. The summed E-state index contributed by atoms with van der Waals surface area (Å²) in [6.07, 6.45) is -0.534. The highest BCUT2D eigenvalue weighted by Crippen LogP contribution is 2.23. The van der Waals surface area contributed by atoms with Gasteiger partial charge in [0.1, 0.15) is 6.04 Å². The maximum atomic E-state index is 12.7. The van der Waals surface area contributed by atoms with Gasteiger partial charge >= 0.3 is 18.0 Å². The van der Waals surface area contributed by atoms with Crippen LogP contribution in [0.2, 0.25) is 0 Å². The Bertz CT molecular complexity index is 667. The molecule has 0 unspecified atom stereocenters. The second-order valence-electron chi connectivity index (χ2n) is 6.83. The van der Waals surface area contributed by atoms with Gasteiger partial charge in [-0.2, -0.15) is 0 Å². The molecule has 0 radical (unpaired) electrons. The van der Waals surface area contributed by atoms with E-state index in [2.05, 4.69) is 5.32 Å². The van der Waals surface area contributed by atoms with Crippen molar-refractivity contribution in [3.63, 3.8) is 0 Å². The molecule has 0 bridgehead atoms. The molecular weight excluding hydrogens is 326 g/mol. The topological polar surface area (TPSA) is 133 Å². The van der Waals surface area contributed by atoms with Crippen molar-refractivity contribution < 1.29 is 24.6 Å². The zero-order chi connectivity index (χ0) is 19.4. The zero-order valence-corrected chi connectivity index (χ0v) is 14.9. The molecule has 138 valence electrons. The Hall–Kier alpha value is -2.77. The number of hydrogen-bond donors (Lipinski definition) is 4. The van der Waals surface area contributed by atoms with Gasteiger partial charge in [-0.05, 0) is 57.9 Å². The quantitative estimate of drug-likeness (QED) is 0.582. The molecule has 25 heavy (non-hydrogen) atoms. The molecular formula is C17H25N3O5. The van der Waals surface area contributed by atoms with Crippen LogP contribution in [0.5, 0.6) is 0 Å². The molecule has 0 saturated carbocycles. The average molecular weight is 351 g/mol. The van der Waals surface area contributed by atoms with Crippen LogP contribution in [-0.4, -0.2) is 44.7 Å². The Balaban J connectivity index is 3.10. The van der Waals surface area contributed by atoms with Crippen molar-refractivity contribution in [2.45, 2.75) is 52.1 Å². The Labute approximate surface area is 146 Å². The maximum Gasteiger partial charge on any atom is 0.326 e. The molecule has 1 atom stereocenters. The summed E-state index contributed by atoms with van der Waals surface area (Å²) in [5.41, 5.74) is 6.76. The first-order valence-corrected chi connectivity index (χ1v) is 7.84. The van der Waals surface area contributed by atoms with Crippen molar-refractivity contribution in [1.29, 1.82) is 0 Å². The molecule has 0 aromatic heterocycles. The second kappa shape index (κ2) is 7.87. The number of urea groups is 1. The van der Waals surface area contributed by atoms with Crippen LogP contribution in [0.25, 0.3) is 0 Å². The molecule has 1 aromatic carbocycles. The summed E-state index contributed by atoms with van der Waals surface area (Å²) in [5.74, 6) is -2.37. The van der Waals surface area contributed by atoms with E-state index in [-0.39, 0.29) is 12.8 Å². The van der Waals surface area contributed by atoms with Gasteiger partial charge in [-0.25, -0.2) is 9.59 Å². The number of nitrogen functional groups attached to an aromatic ring is 1. The summed E-state index contributed by atoms with van der Waals surface area (Å²) < 4.78 is 0. The van der Waals surface area contributed by atoms with E-state index in [0.717, 1.165) is 10.5 Å². The number of aryl methyl sites for hydroxylation is 1. The monoisotopic (exact) mass is 351 g/mol. The van der Waals surface area contributed by atoms with Gasteiger partial charge in [0, 0.05) is 23.3 Å². The van der Waals surface area contributed by atoms with Gasteiger partial charge in [0.15, 0.2) is 0 Å². The van der Waals surface area contributed by atoms with E-state index in [1.807, 2.05) is 0 Å². The van der Waals surface area contributed by atoms with E-state index in [9.17, 15) is 19.5 Å². The molecule has 0 heterocycles. The molecule has 2 amide bonds. The SMILES string of the molecule is Cc1cc(NC(=O)N([C@@H](CCC(=O)O)C(=O)O)C(C)(C)C)ccc1N. The Morgan fingerprint density at radius 3 is 2.28 bits per heavy atom. The Morgan fingerprint density at radius 2 is 1.84 bits per heavy atom. The third kappa shape index (κ3) is 5.66. The largest absolute Gasteiger partial charge is 0.481 e. The highest BCUT2D eigenvalue weighted by atomic mass is 16.4. The number of hydrogen-bond acceptors (Lipinski definition) is 4. The van der Waals surface area contributed by atoms with Gasteiger partial charge in [-0.3, -0.25) is 4.79 Å². The van der Waals surface area contributed by atoms with E-state index in [1.165, 1.54) is 0 Å². The highest BCUT2D eigenvalue weighted by Gasteiger charge is 2.37. The predicted molar refractivity (Wildman–Crippen MR) is 94.5 cm³/mol. The number of carboxylic acid groups (broad SMARTS) is 2. The van der Waals surface area contributed by atoms with Crippen molar-refractivity contribution in [2.75, 3.05) is 11.1 Å². The summed E-state index contributed by atoms with van der Waals surface area (Å²) >= 11 is 0. The number of carbonyl (C=O) groups excluding carboxylic acids is 1. The van der Waals surface area contributed by atoms with Crippen LogP contribution >= 0.6 is 0 Å². The van der Waals surface area contributed by atoms with Crippen molar-refractivity contribution in [1.82, 2.24) is 4.90 Å². The summed E-state index contributed by atoms with van der Waals surface area (Å²) in [6.45, 7) is 6.87. The molecule has 0 aliphatic heterocycles. The van der Waals surface area contributed by atoms with Gasteiger partial charge in [0.05, 0.1) is 0 Å². The molecule has 1 rings (SSSR count). The van der Waals surface area contributed by atoms with Crippen LogP contribution < -0.4 is 11.1 Å². The molecule has 8 nitrogen and oxygen atoms in total. The molecule has 8 heteroatoms. The molecule has 5 N–H and O–H groups in total. The number of nitrogens with two attached hydrogens (primary N) is 1. The van der Waals surface area contributed by atoms with Crippen molar-refractivity contribution in [3.05, 3.63) is 23.8 Å². The van der Waals surface area contributed by atoms with Crippen LogP contribution in [0.15, 0.2) is 18.2 Å². The minimum absolute atomic E-state index is 0.184. The fourth-order valence-corrected chi connectivity index (χ4v) is 2.47. The number of aliphatic carboxylic acids is 2. The summed E-state index contributed by atoms with van der Waals surface area (Å²) in [6, 6.07) is 3.07. The first-order valence-electron chi connectivity index (χ1n) is 7.84. The first kappa shape index (κ1) is 20.3. The molecule has 0 saturated heterocycles. The molecule has 0 aliphatic carbocycles. The standard InChI is InChI=1S/C17H25N3O5/c1-10-9-11(5-6-12(10)18)19-16(25)20(17(2,3)4)13(15(23)24)7-8-14(21)22/h5-6,9,13H,7-8,18H2,1-4H3,(H,19,25)(H,21,22)(H,23,24)/t13-/m0/s1. The fraction of sp³-hybridized carbons (Fsp3) is 0.471. The normalized spacial score (nSPS) is 12.3. The van der Waals surface area contributed by atoms with Crippen LogP contribution in [0, 0.1) is 6.92 Å². The first-order chi connectivity index (χ1) is 11.4. The second-order valence-corrected chi connectivity index (χ2v) is 6.83. The van der Waals surface area contributed by atoms with Gasteiger partial charge in [-0.15, -0.1) is 0 Å². The minimum Gasteiger partial charge on any atom is -0.481 e. The lowest BCUT2D eigenvalue weighted by atomic mass is 10.0. The highest BCUT2D eigenvalue weighted by molar-refractivity contribution is 5.93. The summed E-state index contributed by atoms with van der Waals surface area (Å²) in [4.78, 5) is 36.3. The molecule has 1 aromatic rings.